The molecule has 0 aromatic rings. The van der Waals surface area contributed by atoms with Gasteiger partial charge in [0.15, 0.2) is 0 Å². The smallest absolute Gasteiger partial charge is 0.380 e. The largest absolute Gasteiger partial charge is 0.531 e. The highest BCUT2D eigenvalue weighted by molar-refractivity contribution is 6.62. The summed E-state index contributed by atoms with van der Waals surface area (Å²) < 4.78 is 35.1. The van der Waals surface area contributed by atoms with Crippen molar-refractivity contribution in [1.82, 2.24) is 0 Å². The van der Waals surface area contributed by atoms with Gasteiger partial charge in [-0.3, -0.25) is 0 Å². The first kappa shape index (κ1) is 23.0. The molecule has 2 atom stereocenters. The van der Waals surface area contributed by atoms with Crippen LogP contribution in [0.4, 0.5) is 0 Å². The summed E-state index contributed by atoms with van der Waals surface area (Å²) in [6.07, 6.45) is 2.03. The van der Waals surface area contributed by atoms with E-state index in [1.807, 2.05) is 27.7 Å². The molecule has 1 saturated heterocycles. The lowest BCUT2D eigenvalue weighted by atomic mass is 9.90. The molecule has 0 spiro atoms. The fourth-order valence-electron chi connectivity index (χ4n) is 2.82. The van der Waals surface area contributed by atoms with Gasteiger partial charge in [-0.05, 0) is 40.5 Å². The Balaban J connectivity index is 2.43. The van der Waals surface area contributed by atoms with Crippen molar-refractivity contribution in [3.63, 3.8) is 0 Å². The highest BCUT2D eigenvalue weighted by Gasteiger charge is 2.48. The van der Waals surface area contributed by atoms with Crippen LogP contribution in [-0.2, 0) is 27.5 Å². The molecule has 1 aliphatic heterocycles. The topological polar surface area (TPSA) is 55.4 Å². The van der Waals surface area contributed by atoms with E-state index in [0.29, 0.717) is 26.4 Å². The van der Waals surface area contributed by atoms with Crippen LogP contribution < -0.4 is 0 Å². The van der Waals surface area contributed by atoms with Gasteiger partial charge in [0.25, 0.3) is 0 Å². The van der Waals surface area contributed by atoms with Crippen LogP contribution in [0.5, 0.6) is 0 Å². The molecular weight excluding hydrogens is 340 g/mol. The normalized spacial score (nSPS) is 19.4. The summed E-state index contributed by atoms with van der Waals surface area (Å²) in [5.74, 6) is 0. The molecular formula is C18H38O6Si. The Morgan fingerprint density at radius 2 is 1.52 bits per heavy atom. The molecule has 150 valence electrons. The molecule has 0 N–H and O–H groups in total. The van der Waals surface area contributed by atoms with Gasteiger partial charge in [-0.2, -0.15) is 0 Å². The van der Waals surface area contributed by atoms with E-state index in [4.69, 9.17) is 27.5 Å². The van der Waals surface area contributed by atoms with E-state index in [1.165, 1.54) is 0 Å². The molecule has 1 aliphatic rings. The fourth-order valence-corrected chi connectivity index (χ4v) is 5.30. The Bertz CT molecular complexity index is 333. The standard InChI is InChI=1S/C18H38O6Si/c1-7-17(21-15-18(6)13-19-14-18)11-12-20-16(5)25(22-8-2,23-9-3)24-10-4/h16-17H,7-15H2,1-6H3. The molecule has 1 heterocycles. The SMILES string of the molecule is CCO[Si](OCC)(OCC)C(C)OCCC(CC)OCC1(C)COC1. The highest BCUT2D eigenvalue weighted by atomic mass is 28.4. The summed E-state index contributed by atoms with van der Waals surface area (Å²) in [7, 11) is -2.81. The number of hydrogen-bond donors (Lipinski definition) is 0. The van der Waals surface area contributed by atoms with Crippen LogP contribution in [0, 0.1) is 5.41 Å². The van der Waals surface area contributed by atoms with Crippen molar-refractivity contribution in [3.8, 4) is 0 Å². The summed E-state index contributed by atoms with van der Waals surface area (Å²) in [6.45, 7) is 16.8. The predicted octanol–water partition coefficient (Wildman–Crippen LogP) is 3.20. The molecule has 0 saturated carbocycles. The van der Waals surface area contributed by atoms with Crippen LogP contribution in [-0.4, -0.2) is 66.9 Å². The zero-order chi connectivity index (χ0) is 18.8. The van der Waals surface area contributed by atoms with Gasteiger partial charge >= 0.3 is 8.80 Å². The van der Waals surface area contributed by atoms with Gasteiger partial charge in [-0.25, -0.2) is 0 Å². The van der Waals surface area contributed by atoms with Crippen molar-refractivity contribution in [2.24, 2.45) is 5.41 Å². The van der Waals surface area contributed by atoms with Gasteiger partial charge in [0.2, 0.25) is 0 Å². The minimum Gasteiger partial charge on any atom is -0.380 e. The van der Waals surface area contributed by atoms with Gasteiger partial charge in [-0.15, -0.1) is 0 Å². The van der Waals surface area contributed by atoms with Crippen LogP contribution in [0.25, 0.3) is 0 Å². The molecule has 0 bridgehead atoms. The van der Waals surface area contributed by atoms with Crippen molar-refractivity contribution >= 4 is 8.80 Å². The highest BCUT2D eigenvalue weighted by Crippen LogP contribution is 2.27. The molecule has 0 amide bonds. The first-order valence-electron chi connectivity index (χ1n) is 9.68. The van der Waals surface area contributed by atoms with Crippen LogP contribution in [0.3, 0.4) is 0 Å². The number of ether oxygens (including phenoxy) is 3. The van der Waals surface area contributed by atoms with Crippen LogP contribution in [0.2, 0.25) is 0 Å². The monoisotopic (exact) mass is 378 g/mol. The molecule has 7 heteroatoms. The lowest BCUT2D eigenvalue weighted by molar-refractivity contribution is -0.151. The van der Waals surface area contributed by atoms with Gasteiger partial charge in [0, 0.05) is 31.8 Å². The maximum Gasteiger partial charge on any atom is 0.531 e. The van der Waals surface area contributed by atoms with Crippen LogP contribution in [0.1, 0.15) is 54.4 Å². The Labute approximate surface area is 154 Å². The zero-order valence-electron chi connectivity index (χ0n) is 17.0. The van der Waals surface area contributed by atoms with E-state index in [0.717, 1.165) is 32.7 Å². The lowest BCUT2D eigenvalue weighted by Gasteiger charge is -2.38. The van der Waals surface area contributed by atoms with E-state index in [2.05, 4.69) is 13.8 Å². The summed E-state index contributed by atoms with van der Waals surface area (Å²) in [5, 5.41) is 0. The van der Waals surface area contributed by atoms with Gasteiger partial charge < -0.3 is 27.5 Å². The van der Waals surface area contributed by atoms with Crippen LogP contribution >= 0.6 is 0 Å². The van der Waals surface area contributed by atoms with E-state index in [-0.39, 0.29) is 17.2 Å². The van der Waals surface area contributed by atoms with Gasteiger partial charge in [0.1, 0.15) is 5.73 Å². The first-order valence-corrected chi connectivity index (χ1v) is 11.5. The van der Waals surface area contributed by atoms with Crippen molar-refractivity contribution in [2.75, 3.05) is 46.2 Å². The third kappa shape index (κ3) is 7.25. The van der Waals surface area contributed by atoms with Gasteiger partial charge in [-0.1, -0.05) is 13.8 Å². The molecule has 1 fully saturated rings. The van der Waals surface area contributed by atoms with Crippen molar-refractivity contribution in [1.29, 1.82) is 0 Å². The van der Waals surface area contributed by atoms with Crippen molar-refractivity contribution in [2.45, 2.75) is 66.2 Å². The first-order chi connectivity index (χ1) is 11.9. The predicted molar refractivity (Wildman–Crippen MR) is 99.6 cm³/mol. The fraction of sp³-hybridized carbons (Fsp3) is 1.00. The second-order valence-electron chi connectivity index (χ2n) is 6.85. The van der Waals surface area contributed by atoms with Crippen LogP contribution in [0.15, 0.2) is 0 Å². The Hall–Kier alpha value is -0.0231. The third-order valence-corrected chi connectivity index (χ3v) is 7.60. The second-order valence-corrected chi connectivity index (χ2v) is 9.74. The summed E-state index contributed by atoms with van der Waals surface area (Å²) in [4.78, 5) is 0. The van der Waals surface area contributed by atoms with E-state index < -0.39 is 8.80 Å². The Morgan fingerprint density at radius 1 is 0.960 bits per heavy atom. The second kappa shape index (κ2) is 11.6. The maximum absolute atomic E-state index is 6.07. The minimum atomic E-state index is -2.81. The number of rotatable bonds is 15. The average molecular weight is 379 g/mol. The summed E-state index contributed by atoms with van der Waals surface area (Å²) >= 11 is 0. The quantitative estimate of drug-likeness (QED) is 0.408. The van der Waals surface area contributed by atoms with E-state index in [1.54, 1.807) is 0 Å². The molecule has 0 aromatic carbocycles. The molecule has 0 aromatic heterocycles. The molecule has 0 aliphatic carbocycles. The molecule has 1 rings (SSSR count). The van der Waals surface area contributed by atoms with E-state index in [9.17, 15) is 0 Å². The Kier molecular flexibility index (Phi) is 10.7. The van der Waals surface area contributed by atoms with Gasteiger partial charge in [0.05, 0.1) is 25.9 Å². The summed E-state index contributed by atoms with van der Waals surface area (Å²) in [5.41, 5.74) is -0.00915. The summed E-state index contributed by atoms with van der Waals surface area (Å²) in [6, 6.07) is 0. The lowest BCUT2D eigenvalue weighted by Crippen LogP contribution is -2.56. The van der Waals surface area contributed by atoms with E-state index >= 15 is 0 Å². The molecule has 0 radical (unpaired) electrons. The average Bonchev–Trinajstić information content (AvgIpc) is 2.56. The maximum atomic E-state index is 6.07. The van der Waals surface area contributed by atoms with Crippen molar-refractivity contribution in [3.05, 3.63) is 0 Å². The Morgan fingerprint density at radius 3 is 1.92 bits per heavy atom. The zero-order valence-corrected chi connectivity index (χ0v) is 18.0. The molecule has 25 heavy (non-hydrogen) atoms. The molecule has 2 unspecified atom stereocenters. The molecule has 6 nitrogen and oxygen atoms in total. The van der Waals surface area contributed by atoms with Crippen molar-refractivity contribution < 1.29 is 27.5 Å². The third-order valence-electron chi connectivity index (χ3n) is 4.37. The minimum absolute atomic E-state index is 0.183. The number of hydrogen-bond acceptors (Lipinski definition) is 6.